The minimum Gasteiger partial charge on any atom is -0.394 e. The molecule has 0 aromatic heterocycles. The van der Waals surface area contributed by atoms with Crippen molar-refractivity contribution >= 4 is 6.29 Å². The van der Waals surface area contributed by atoms with Gasteiger partial charge in [-0.2, -0.15) is 0 Å². The second-order valence-corrected chi connectivity index (χ2v) is 2.57. The monoisotopic (exact) mass is 211 g/mol. The molecule has 0 bridgehead atoms. The highest BCUT2D eigenvalue weighted by Gasteiger charge is 2.30. The van der Waals surface area contributed by atoms with Gasteiger partial charge in [0.05, 0.1) is 6.61 Å². The Balaban J connectivity index is 0. The van der Waals surface area contributed by atoms with Gasteiger partial charge < -0.3 is 36.1 Å². The molecule has 0 spiro atoms. The molecule has 0 radical (unpaired) electrons. The molecule has 0 rings (SSSR count). The van der Waals surface area contributed by atoms with E-state index in [-0.39, 0.29) is 6.15 Å². The Morgan fingerprint density at radius 3 is 2.07 bits per heavy atom. The van der Waals surface area contributed by atoms with E-state index >= 15 is 0 Å². The largest absolute Gasteiger partial charge is 0.394 e. The molecule has 0 unspecified atom stereocenters. The maximum atomic E-state index is 10.3. The summed E-state index contributed by atoms with van der Waals surface area (Å²) in [5.74, 6) is 0. The predicted molar refractivity (Wildman–Crippen MR) is 47.0 cm³/mol. The van der Waals surface area contributed by atoms with Crippen LogP contribution in [0.5, 0.6) is 0 Å². The molecule has 4 atom stereocenters. The summed E-state index contributed by atoms with van der Waals surface area (Å²) < 4.78 is 4.51. The van der Waals surface area contributed by atoms with Gasteiger partial charge in [-0.15, -0.1) is 0 Å². The maximum absolute atomic E-state index is 10.3. The van der Waals surface area contributed by atoms with Crippen LogP contribution in [0.4, 0.5) is 0 Å². The zero-order valence-electron chi connectivity index (χ0n) is 7.91. The summed E-state index contributed by atoms with van der Waals surface area (Å²) in [6.45, 7) is -0.701. The van der Waals surface area contributed by atoms with Gasteiger partial charge in [0.1, 0.15) is 24.4 Å². The summed E-state index contributed by atoms with van der Waals surface area (Å²) >= 11 is 0. The van der Waals surface area contributed by atoms with Crippen LogP contribution in [-0.2, 0) is 9.53 Å². The van der Waals surface area contributed by atoms with E-state index in [1.54, 1.807) is 0 Å². The van der Waals surface area contributed by atoms with Gasteiger partial charge in [-0.3, -0.25) is 0 Å². The van der Waals surface area contributed by atoms with Gasteiger partial charge in [-0.1, -0.05) is 0 Å². The summed E-state index contributed by atoms with van der Waals surface area (Å²) in [4.78, 5) is 10.3. The molecule has 7 heteroatoms. The Morgan fingerprint density at radius 2 is 1.79 bits per heavy atom. The second-order valence-electron chi connectivity index (χ2n) is 2.57. The molecule has 0 aliphatic heterocycles. The van der Waals surface area contributed by atoms with E-state index in [2.05, 4.69) is 4.74 Å². The van der Waals surface area contributed by atoms with Crippen molar-refractivity contribution in [1.82, 2.24) is 6.15 Å². The normalized spacial score (nSPS) is 18.9. The molecule has 0 fully saturated rings. The molecular weight excluding hydrogens is 194 g/mol. The van der Waals surface area contributed by atoms with Gasteiger partial charge in [0.2, 0.25) is 0 Å². The van der Waals surface area contributed by atoms with Crippen molar-refractivity contribution in [2.75, 3.05) is 13.7 Å². The second kappa shape index (κ2) is 7.80. The van der Waals surface area contributed by atoms with E-state index in [0.29, 0.717) is 6.29 Å². The van der Waals surface area contributed by atoms with E-state index in [0.717, 1.165) is 0 Å². The third-order valence-electron chi connectivity index (χ3n) is 1.67. The summed E-state index contributed by atoms with van der Waals surface area (Å²) in [6.07, 6.45) is -5.56. The first-order chi connectivity index (χ1) is 6.08. The highest BCUT2D eigenvalue weighted by molar-refractivity contribution is 5.57. The highest BCUT2D eigenvalue weighted by atomic mass is 16.5. The molecule has 0 aromatic rings. The number of carbonyl (C=O) groups excluding carboxylic acids is 1. The number of methoxy groups -OCH3 is 1. The lowest BCUT2D eigenvalue weighted by Crippen LogP contribution is -2.47. The van der Waals surface area contributed by atoms with Gasteiger partial charge in [-0.05, 0) is 0 Å². The maximum Gasteiger partial charge on any atom is 0.151 e. The van der Waals surface area contributed by atoms with Crippen LogP contribution >= 0.6 is 0 Å². The van der Waals surface area contributed by atoms with E-state index in [4.69, 9.17) is 15.3 Å². The Labute approximate surface area is 81.5 Å². The third-order valence-corrected chi connectivity index (χ3v) is 1.67. The molecular formula is C7H17NO6. The Kier molecular flexibility index (Phi) is 8.85. The van der Waals surface area contributed by atoms with Crippen LogP contribution < -0.4 is 6.15 Å². The minimum absolute atomic E-state index is 0. The summed E-state index contributed by atoms with van der Waals surface area (Å²) in [5, 5.41) is 35.7. The molecule has 0 aliphatic rings. The third kappa shape index (κ3) is 4.09. The van der Waals surface area contributed by atoms with Crippen molar-refractivity contribution in [2.24, 2.45) is 0 Å². The van der Waals surface area contributed by atoms with E-state index in [1.165, 1.54) is 7.11 Å². The predicted octanol–water partition coefficient (Wildman–Crippen LogP) is -2.56. The van der Waals surface area contributed by atoms with Gasteiger partial charge in [0.25, 0.3) is 0 Å². The van der Waals surface area contributed by atoms with Crippen molar-refractivity contribution in [3.8, 4) is 0 Å². The topological polar surface area (TPSA) is 142 Å². The molecule has 86 valence electrons. The van der Waals surface area contributed by atoms with Crippen LogP contribution in [0.25, 0.3) is 0 Å². The lowest BCUT2D eigenvalue weighted by Gasteiger charge is -2.24. The lowest BCUT2D eigenvalue weighted by atomic mass is 10.0. The molecule has 0 aromatic carbocycles. The van der Waals surface area contributed by atoms with Crippen molar-refractivity contribution in [1.29, 1.82) is 0 Å². The Bertz CT molecular complexity index is 155. The van der Waals surface area contributed by atoms with Crippen LogP contribution in [0.2, 0.25) is 0 Å². The number of carbonyl (C=O) groups is 1. The van der Waals surface area contributed by atoms with Crippen molar-refractivity contribution in [3.05, 3.63) is 0 Å². The molecule has 7 N–H and O–H groups in total. The fraction of sp³-hybridized carbons (Fsp3) is 0.857. The first-order valence-electron chi connectivity index (χ1n) is 3.71. The molecule has 0 aliphatic carbocycles. The van der Waals surface area contributed by atoms with E-state index < -0.39 is 31.0 Å². The van der Waals surface area contributed by atoms with Crippen molar-refractivity contribution < 1.29 is 30.0 Å². The Morgan fingerprint density at radius 1 is 1.29 bits per heavy atom. The van der Waals surface area contributed by atoms with Crippen molar-refractivity contribution in [3.63, 3.8) is 0 Å². The summed E-state index contributed by atoms with van der Waals surface area (Å²) in [6, 6.07) is 0. The highest BCUT2D eigenvalue weighted by Crippen LogP contribution is 2.05. The van der Waals surface area contributed by atoms with E-state index in [1.807, 2.05) is 0 Å². The Hall–Kier alpha value is -0.570. The SMILES string of the molecule is CO[C@@H](C=O)[C@@H](O)[C@H](O)[C@H](O)CO.N. The van der Waals surface area contributed by atoms with Gasteiger partial charge in [-0.25, -0.2) is 0 Å². The summed E-state index contributed by atoms with van der Waals surface area (Å²) in [7, 11) is 1.18. The quantitative estimate of drug-likeness (QED) is 0.304. The molecule has 14 heavy (non-hydrogen) atoms. The number of hydrogen-bond acceptors (Lipinski definition) is 7. The number of hydrogen-bond donors (Lipinski definition) is 5. The number of ether oxygens (including phenoxy) is 1. The number of aliphatic hydroxyl groups excluding tert-OH is 4. The van der Waals surface area contributed by atoms with Crippen LogP contribution in [0, 0.1) is 0 Å². The van der Waals surface area contributed by atoms with Gasteiger partial charge in [0, 0.05) is 7.11 Å². The van der Waals surface area contributed by atoms with Crippen LogP contribution in [0.15, 0.2) is 0 Å². The molecule has 0 heterocycles. The number of aldehydes is 1. The molecule has 0 saturated heterocycles. The molecule has 7 nitrogen and oxygen atoms in total. The van der Waals surface area contributed by atoms with Gasteiger partial charge in [0.15, 0.2) is 6.29 Å². The number of rotatable bonds is 6. The van der Waals surface area contributed by atoms with Crippen LogP contribution in [0.1, 0.15) is 0 Å². The zero-order chi connectivity index (χ0) is 10.4. The number of aliphatic hydroxyl groups is 4. The fourth-order valence-electron chi connectivity index (χ4n) is 0.805. The minimum atomic E-state index is -1.61. The van der Waals surface area contributed by atoms with Crippen LogP contribution in [-0.4, -0.2) is 64.8 Å². The zero-order valence-corrected chi connectivity index (χ0v) is 7.91. The molecule has 0 amide bonds. The average molecular weight is 211 g/mol. The summed E-state index contributed by atoms with van der Waals surface area (Å²) in [5.41, 5.74) is 0. The fourth-order valence-corrected chi connectivity index (χ4v) is 0.805. The first kappa shape index (κ1) is 15.9. The standard InChI is InChI=1S/C7H14O6.H3N/c1-13-5(3-9)7(12)6(11)4(10)2-8;/h3-8,10-12H,2H2,1H3;1H3/t4-,5+,6-,7-;/m1./s1. The van der Waals surface area contributed by atoms with Crippen molar-refractivity contribution in [2.45, 2.75) is 24.4 Å². The average Bonchev–Trinajstić information content (AvgIpc) is 2.17. The lowest BCUT2D eigenvalue weighted by molar-refractivity contribution is -0.141. The van der Waals surface area contributed by atoms with E-state index in [9.17, 15) is 9.90 Å². The van der Waals surface area contributed by atoms with Crippen LogP contribution in [0.3, 0.4) is 0 Å². The van der Waals surface area contributed by atoms with Gasteiger partial charge >= 0.3 is 0 Å². The first-order valence-corrected chi connectivity index (χ1v) is 3.71. The molecule has 0 saturated carbocycles. The smallest absolute Gasteiger partial charge is 0.151 e.